The lowest BCUT2D eigenvalue weighted by atomic mass is 10.0. The van der Waals surface area contributed by atoms with E-state index in [9.17, 15) is 4.39 Å². The molecule has 0 N–H and O–H groups in total. The van der Waals surface area contributed by atoms with Crippen LogP contribution in [0, 0.1) is 5.82 Å². The Morgan fingerprint density at radius 1 is 1.14 bits per heavy atom. The molecular weight excluding hydrogens is 401 g/mol. The quantitative estimate of drug-likeness (QED) is 0.510. The Hall–Kier alpha value is -0.480. The molecule has 1 nitrogen and oxygen atoms in total. The smallest absolute Gasteiger partial charge is 0.139 e. The van der Waals surface area contributed by atoms with Gasteiger partial charge in [-0.1, -0.05) is 56.8 Å². The first-order chi connectivity index (χ1) is 9.95. The second-order valence-corrected chi connectivity index (χ2v) is 6.37. The summed E-state index contributed by atoms with van der Waals surface area (Å²) in [5.41, 5.74) is 0.943. The van der Waals surface area contributed by atoms with Crippen molar-refractivity contribution in [3.63, 3.8) is 0 Å². The van der Waals surface area contributed by atoms with Crippen molar-refractivity contribution >= 4 is 50.7 Å². The molecule has 0 heterocycles. The van der Waals surface area contributed by atoms with E-state index in [2.05, 4.69) is 15.9 Å². The standard InChI is InChI=1S/C15H11BrCl3FO/c1-2-21-13-7-10(18)8(6-11(13)19)15(16)14-9(17)4-3-5-12(14)20/h3-7,15H,2H2,1H3. The van der Waals surface area contributed by atoms with E-state index in [0.717, 1.165) is 0 Å². The largest absolute Gasteiger partial charge is 0.492 e. The van der Waals surface area contributed by atoms with E-state index < -0.39 is 10.6 Å². The Morgan fingerprint density at radius 2 is 1.86 bits per heavy atom. The Morgan fingerprint density at radius 3 is 2.48 bits per heavy atom. The summed E-state index contributed by atoms with van der Waals surface area (Å²) in [6, 6.07) is 7.79. The molecule has 1 atom stereocenters. The zero-order valence-corrected chi connectivity index (χ0v) is 14.8. The lowest BCUT2D eigenvalue weighted by molar-refractivity contribution is 0.340. The predicted octanol–water partition coefficient (Wildman–Crippen LogP) is 6.67. The molecule has 0 aromatic heterocycles. The minimum absolute atomic E-state index is 0.318. The van der Waals surface area contributed by atoms with E-state index in [-0.39, 0.29) is 0 Å². The van der Waals surface area contributed by atoms with Crippen molar-refractivity contribution in [3.8, 4) is 5.75 Å². The number of benzene rings is 2. The van der Waals surface area contributed by atoms with Crippen molar-refractivity contribution in [1.82, 2.24) is 0 Å². The number of ether oxygens (including phenoxy) is 1. The van der Waals surface area contributed by atoms with Gasteiger partial charge in [0.05, 0.1) is 16.5 Å². The Kier molecular flexibility index (Phi) is 5.78. The minimum Gasteiger partial charge on any atom is -0.492 e. The van der Waals surface area contributed by atoms with Crippen molar-refractivity contribution in [1.29, 1.82) is 0 Å². The normalized spacial score (nSPS) is 12.3. The number of hydrogen-bond acceptors (Lipinski definition) is 1. The first kappa shape index (κ1) is 16.9. The van der Waals surface area contributed by atoms with Crippen LogP contribution in [0.15, 0.2) is 30.3 Å². The zero-order chi connectivity index (χ0) is 15.6. The SMILES string of the molecule is CCOc1cc(Cl)c(C(Br)c2c(F)cccc2Cl)cc1Cl. The van der Waals surface area contributed by atoms with Gasteiger partial charge in [0.25, 0.3) is 0 Å². The number of halogens is 5. The van der Waals surface area contributed by atoms with Crippen LogP contribution in [-0.2, 0) is 0 Å². The molecule has 112 valence electrons. The lowest BCUT2D eigenvalue weighted by Crippen LogP contribution is -2.00. The minimum atomic E-state index is -0.508. The average molecular weight is 413 g/mol. The molecule has 0 saturated heterocycles. The molecule has 0 aliphatic carbocycles. The summed E-state index contributed by atoms with van der Waals surface area (Å²) >= 11 is 21.9. The molecule has 6 heteroatoms. The van der Waals surface area contributed by atoms with Gasteiger partial charge >= 0.3 is 0 Å². The van der Waals surface area contributed by atoms with Crippen LogP contribution >= 0.6 is 50.7 Å². The van der Waals surface area contributed by atoms with Crippen LogP contribution in [0.2, 0.25) is 15.1 Å². The van der Waals surface area contributed by atoms with Gasteiger partial charge in [0, 0.05) is 21.7 Å². The summed E-state index contributed by atoms with van der Waals surface area (Å²) in [6.45, 7) is 2.33. The maximum Gasteiger partial charge on any atom is 0.139 e. The second-order valence-electron chi connectivity index (χ2n) is 4.24. The molecule has 0 aliphatic heterocycles. The van der Waals surface area contributed by atoms with Crippen LogP contribution in [0.25, 0.3) is 0 Å². The van der Waals surface area contributed by atoms with Gasteiger partial charge in [-0.15, -0.1) is 0 Å². The fraction of sp³-hybridized carbons (Fsp3) is 0.200. The van der Waals surface area contributed by atoms with Crippen LogP contribution in [0.4, 0.5) is 4.39 Å². The summed E-state index contributed by atoms with van der Waals surface area (Å²) in [6.07, 6.45) is 0. The van der Waals surface area contributed by atoms with Gasteiger partial charge in [-0.3, -0.25) is 0 Å². The van der Waals surface area contributed by atoms with E-state index >= 15 is 0 Å². The van der Waals surface area contributed by atoms with E-state index in [1.165, 1.54) is 6.07 Å². The van der Waals surface area contributed by atoms with Crippen LogP contribution in [0.5, 0.6) is 5.75 Å². The number of rotatable bonds is 4. The third kappa shape index (κ3) is 3.65. The molecule has 0 spiro atoms. The Balaban J connectivity index is 2.49. The third-order valence-corrected chi connectivity index (χ3v) is 4.78. The van der Waals surface area contributed by atoms with E-state index in [4.69, 9.17) is 39.5 Å². The maximum atomic E-state index is 14.0. The highest BCUT2D eigenvalue weighted by Crippen LogP contribution is 2.43. The monoisotopic (exact) mass is 410 g/mol. The average Bonchev–Trinajstić information content (AvgIpc) is 2.42. The van der Waals surface area contributed by atoms with Gasteiger partial charge in [-0.25, -0.2) is 4.39 Å². The first-order valence-electron chi connectivity index (χ1n) is 6.15. The van der Waals surface area contributed by atoms with Crippen molar-refractivity contribution in [2.24, 2.45) is 0 Å². The molecule has 0 amide bonds. The Bertz CT molecular complexity index is 643. The fourth-order valence-electron chi connectivity index (χ4n) is 1.91. The van der Waals surface area contributed by atoms with E-state index in [1.807, 2.05) is 6.92 Å². The van der Waals surface area contributed by atoms with Crippen molar-refractivity contribution in [2.45, 2.75) is 11.8 Å². The second kappa shape index (κ2) is 7.19. The van der Waals surface area contributed by atoms with Gasteiger partial charge < -0.3 is 4.74 Å². The fourth-order valence-corrected chi connectivity index (χ4v) is 3.78. The molecular formula is C15H11BrCl3FO. The van der Waals surface area contributed by atoms with Crippen LogP contribution in [0.1, 0.15) is 22.9 Å². The summed E-state index contributed by atoms with van der Waals surface area (Å²) < 4.78 is 19.4. The number of hydrogen-bond donors (Lipinski definition) is 0. The summed E-state index contributed by atoms with van der Waals surface area (Å²) in [4.78, 5) is -0.508. The molecule has 0 saturated carbocycles. The van der Waals surface area contributed by atoms with E-state index in [1.54, 1.807) is 24.3 Å². The first-order valence-corrected chi connectivity index (χ1v) is 8.20. The molecule has 1 unspecified atom stereocenters. The molecule has 0 bridgehead atoms. The van der Waals surface area contributed by atoms with Crippen LogP contribution < -0.4 is 4.74 Å². The van der Waals surface area contributed by atoms with Crippen LogP contribution in [0.3, 0.4) is 0 Å². The van der Waals surface area contributed by atoms with Gasteiger partial charge in [-0.2, -0.15) is 0 Å². The molecule has 0 fully saturated rings. The van der Waals surface area contributed by atoms with Gasteiger partial charge in [0.15, 0.2) is 0 Å². The summed E-state index contributed by atoms with van der Waals surface area (Å²) in [5, 5.41) is 1.15. The zero-order valence-electron chi connectivity index (χ0n) is 11.0. The molecule has 21 heavy (non-hydrogen) atoms. The highest BCUT2D eigenvalue weighted by Gasteiger charge is 2.22. The van der Waals surface area contributed by atoms with Crippen molar-refractivity contribution < 1.29 is 9.13 Å². The molecule has 2 aromatic carbocycles. The topological polar surface area (TPSA) is 9.23 Å². The maximum absolute atomic E-state index is 14.0. The highest BCUT2D eigenvalue weighted by molar-refractivity contribution is 9.09. The molecule has 0 radical (unpaired) electrons. The van der Waals surface area contributed by atoms with Gasteiger partial charge in [-0.05, 0) is 30.7 Å². The Labute approximate surface area is 146 Å². The molecule has 2 aromatic rings. The highest BCUT2D eigenvalue weighted by atomic mass is 79.9. The molecule has 0 aliphatic rings. The summed E-state index contributed by atoms with van der Waals surface area (Å²) in [5.74, 6) is 0.0812. The summed E-state index contributed by atoms with van der Waals surface area (Å²) in [7, 11) is 0. The van der Waals surface area contributed by atoms with E-state index in [0.29, 0.717) is 38.6 Å². The van der Waals surface area contributed by atoms with Crippen LogP contribution in [-0.4, -0.2) is 6.61 Å². The van der Waals surface area contributed by atoms with Gasteiger partial charge in [0.1, 0.15) is 11.6 Å². The van der Waals surface area contributed by atoms with Crippen molar-refractivity contribution in [2.75, 3.05) is 6.61 Å². The number of alkyl halides is 1. The lowest BCUT2D eigenvalue weighted by Gasteiger charge is -2.17. The third-order valence-electron chi connectivity index (χ3n) is 2.88. The predicted molar refractivity (Wildman–Crippen MR) is 89.8 cm³/mol. The van der Waals surface area contributed by atoms with Gasteiger partial charge in [0.2, 0.25) is 0 Å². The molecule has 2 rings (SSSR count). The van der Waals surface area contributed by atoms with Crippen molar-refractivity contribution in [3.05, 3.63) is 62.3 Å².